The number of amides is 2. The number of carbonyl (C=O) groups is 2. The van der Waals surface area contributed by atoms with Crippen molar-refractivity contribution in [3.05, 3.63) is 65.7 Å². The normalized spacial score (nSPS) is 10.0. The van der Waals surface area contributed by atoms with Crippen molar-refractivity contribution in [1.29, 1.82) is 0 Å². The van der Waals surface area contributed by atoms with Crippen LogP contribution in [0.4, 0.5) is 4.39 Å². The maximum atomic E-state index is 12.7. The predicted molar refractivity (Wildman–Crippen MR) is 78.9 cm³/mol. The average Bonchev–Trinajstić information content (AvgIpc) is 2.53. The lowest BCUT2D eigenvalue weighted by Gasteiger charge is -2.07. The summed E-state index contributed by atoms with van der Waals surface area (Å²) in [5, 5.41) is 5.27. The van der Waals surface area contributed by atoms with Crippen molar-refractivity contribution in [3.8, 4) is 0 Å². The molecule has 0 aliphatic carbocycles. The molecule has 2 amide bonds. The Morgan fingerprint density at radius 2 is 1.36 bits per heavy atom. The van der Waals surface area contributed by atoms with Gasteiger partial charge in [-0.05, 0) is 35.4 Å². The Labute approximate surface area is 127 Å². The third kappa shape index (κ3) is 5.32. The van der Waals surface area contributed by atoms with Crippen molar-refractivity contribution in [2.24, 2.45) is 0 Å². The highest BCUT2D eigenvalue weighted by molar-refractivity contribution is 5.96. The molecule has 5 nitrogen and oxygen atoms in total. The topological polar surface area (TPSA) is 71.1 Å². The number of aromatic nitrogens is 1. The van der Waals surface area contributed by atoms with Crippen molar-refractivity contribution >= 4 is 11.8 Å². The summed E-state index contributed by atoms with van der Waals surface area (Å²) in [7, 11) is 0. The number of pyridine rings is 1. The van der Waals surface area contributed by atoms with Crippen LogP contribution in [0, 0.1) is 5.82 Å². The van der Waals surface area contributed by atoms with E-state index in [0.717, 1.165) is 11.1 Å². The maximum Gasteiger partial charge on any atom is 0.229 e. The zero-order valence-corrected chi connectivity index (χ0v) is 11.9. The molecule has 0 radical (unpaired) electrons. The Bertz CT molecular complexity index is 630. The Balaban J connectivity index is 1.70. The molecule has 0 aliphatic heterocycles. The molecule has 2 N–H and O–H groups in total. The largest absolute Gasteiger partial charge is 0.352 e. The van der Waals surface area contributed by atoms with Crippen LogP contribution < -0.4 is 10.6 Å². The second kappa shape index (κ2) is 7.87. The van der Waals surface area contributed by atoms with E-state index in [2.05, 4.69) is 15.6 Å². The smallest absolute Gasteiger partial charge is 0.229 e. The van der Waals surface area contributed by atoms with E-state index in [-0.39, 0.29) is 30.6 Å². The molecule has 1 heterocycles. The van der Waals surface area contributed by atoms with Crippen molar-refractivity contribution in [1.82, 2.24) is 15.6 Å². The van der Waals surface area contributed by atoms with Crippen LogP contribution in [0.5, 0.6) is 0 Å². The first-order valence-corrected chi connectivity index (χ1v) is 6.80. The molecular formula is C16H16FN3O2. The van der Waals surface area contributed by atoms with Crippen molar-refractivity contribution < 1.29 is 14.0 Å². The standard InChI is InChI=1S/C16H16FN3O2/c17-14-3-1-12(2-4-14)10-19-15(21)9-16(22)20-11-13-5-7-18-8-6-13/h1-8H,9-11H2,(H,19,21)(H,20,22). The van der Waals surface area contributed by atoms with Crippen molar-refractivity contribution in [2.45, 2.75) is 19.5 Å². The molecule has 6 heteroatoms. The molecule has 1 aromatic heterocycles. The Morgan fingerprint density at radius 1 is 0.864 bits per heavy atom. The minimum absolute atomic E-state index is 0.244. The molecule has 22 heavy (non-hydrogen) atoms. The van der Waals surface area contributed by atoms with E-state index in [4.69, 9.17) is 0 Å². The van der Waals surface area contributed by atoms with Gasteiger partial charge in [0.2, 0.25) is 11.8 Å². The third-order valence-corrected chi connectivity index (χ3v) is 2.96. The van der Waals surface area contributed by atoms with Gasteiger partial charge in [0.15, 0.2) is 0 Å². The first kappa shape index (κ1) is 15.6. The first-order valence-electron chi connectivity index (χ1n) is 6.80. The van der Waals surface area contributed by atoms with E-state index in [1.165, 1.54) is 12.1 Å². The van der Waals surface area contributed by atoms with Crippen molar-refractivity contribution in [2.75, 3.05) is 0 Å². The van der Waals surface area contributed by atoms with Crippen LogP contribution in [0.15, 0.2) is 48.8 Å². The van der Waals surface area contributed by atoms with Gasteiger partial charge < -0.3 is 10.6 Å². The molecule has 2 rings (SSSR count). The molecular weight excluding hydrogens is 285 g/mol. The summed E-state index contributed by atoms with van der Waals surface area (Å²) in [6.45, 7) is 0.614. The van der Waals surface area contributed by atoms with Gasteiger partial charge in [-0.15, -0.1) is 0 Å². The number of nitrogens with one attached hydrogen (secondary N) is 2. The van der Waals surface area contributed by atoms with Crippen LogP contribution in [0.3, 0.4) is 0 Å². The minimum Gasteiger partial charge on any atom is -0.352 e. The molecule has 0 unspecified atom stereocenters. The molecule has 0 aliphatic rings. The molecule has 114 valence electrons. The van der Waals surface area contributed by atoms with E-state index in [1.54, 1.807) is 36.7 Å². The van der Waals surface area contributed by atoms with Gasteiger partial charge in [0.25, 0.3) is 0 Å². The minimum atomic E-state index is -0.378. The Morgan fingerprint density at radius 3 is 1.91 bits per heavy atom. The second-order valence-electron chi connectivity index (χ2n) is 4.71. The highest BCUT2D eigenvalue weighted by Crippen LogP contribution is 2.02. The number of hydrogen-bond acceptors (Lipinski definition) is 3. The molecule has 2 aromatic rings. The van der Waals surface area contributed by atoms with Crippen LogP contribution >= 0.6 is 0 Å². The quantitative estimate of drug-likeness (QED) is 0.795. The molecule has 0 saturated heterocycles. The monoisotopic (exact) mass is 301 g/mol. The molecule has 0 fully saturated rings. The summed E-state index contributed by atoms with van der Waals surface area (Å²) < 4.78 is 12.7. The predicted octanol–water partition coefficient (Wildman–Crippen LogP) is 1.54. The van der Waals surface area contributed by atoms with Crippen LogP contribution in [-0.4, -0.2) is 16.8 Å². The summed E-state index contributed by atoms with van der Waals surface area (Å²) in [6, 6.07) is 9.38. The van der Waals surface area contributed by atoms with Crippen LogP contribution in [0.1, 0.15) is 17.5 Å². The lowest BCUT2D eigenvalue weighted by molar-refractivity contribution is -0.129. The van der Waals surface area contributed by atoms with Gasteiger partial charge in [0, 0.05) is 25.5 Å². The highest BCUT2D eigenvalue weighted by atomic mass is 19.1. The Kier molecular flexibility index (Phi) is 5.59. The van der Waals surface area contributed by atoms with Crippen molar-refractivity contribution in [3.63, 3.8) is 0 Å². The lowest BCUT2D eigenvalue weighted by atomic mass is 10.2. The lowest BCUT2D eigenvalue weighted by Crippen LogP contribution is -2.31. The zero-order chi connectivity index (χ0) is 15.8. The number of halogens is 1. The van der Waals surface area contributed by atoms with Gasteiger partial charge in [0.05, 0.1) is 0 Å². The fourth-order valence-electron chi connectivity index (χ4n) is 1.78. The number of carbonyl (C=O) groups excluding carboxylic acids is 2. The summed E-state index contributed by atoms with van der Waals surface area (Å²) in [6.07, 6.45) is 3.03. The van der Waals surface area contributed by atoms with E-state index < -0.39 is 0 Å². The van der Waals surface area contributed by atoms with E-state index >= 15 is 0 Å². The van der Waals surface area contributed by atoms with Gasteiger partial charge in [-0.25, -0.2) is 4.39 Å². The first-order chi connectivity index (χ1) is 10.6. The van der Waals surface area contributed by atoms with Gasteiger partial charge in [-0.2, -0.15) is 0 Å². The fraction of sp³-hybridized carbons (Fsp3) is 0.188. The fourth-order valence-corrected chi connectivity index (χ4v) is 1.78. The summed E-state index contributed by atoms with van der Waals surface area (Å²) in [5.41, 5.74) is 1.68. The molecule has 0 bridgehead atoms. The zero-order valence-electron chi connectivity index (χ0n) is 11.9. The highest BCUT2D eigenvalue weighted by Gasteiger charge is 2.08. The van der Waals surface area contributed by atoms with Gasteiger partial charge in [-0.1, -0.05) is 12.1 Å². The van der Waals surface area contributed by atoms with E-state index in [9.17, 15) is 14.0 Å². The number of hydrogen-bond donors (Lipinski definition) is 2. The van der Waals surface area contributed by atoms with Gasteiger partial charge in [0.1, 0.15) is 12.2 Å². The number of rotatable bonds is 6. The van der Waals surface area contributed by atoms with E-state index in [0.29, 0.717) is 6.54 Å². The molecule has 0 atom stereocenters. The van der Waals surface area contributed by atoms with Gasteiger partial charge >= 0.3 is 0 Å². The number of nitrogens with zero attached hydrogens (tertiary/aromatic N) is 1. The summed E-state index contributed by atoms with van der Waals surface area (Å²) in [5.74, 6) is -1.06. The van der Waals surface area contributed by atoms with Crippen LogP contribution in [0.25, 0.3) is 0 Å². The molecule has 0 spiro atoms. The Hall–Kier alpha value is -2.76. The molecule has 1 aromatic carbocycles. The summed E-state index contributed by atoms with van der Waals surface area (Å²) >= 11 is 0. The third-order valence-electron chi connectivity index (χ3n) is 2.96. The second-order valence-corrected chi connectivity index (χ2v) is 4.71. The molecule has 0 saturated carbocycles. The van der Waals surface area contributed by atoms with Gasteiger partial charge in [-0.3, -0.25) is 14.6 Å². The van der Waals surface area contributed by atoms with E-state index in [1.807, 2.05) is 0 Å². The average molecular weight is 301 g/mol. The maximum absolute atomic E-state index is 12.7. The SMILES string of the molecule is O=C(CC(=O)NCc1ccc(F)cc1)NCc1ccncc1. The number of benzene rings is 1. The summed E-state index contributed by atoms with van der Waals surface area (Å²) in [4.78, 5) is 27.2. The van der Waals surface area contributed by atoms with Crippen LogP contribution in [0.2, 0.25) is 0 Å². The van der Waals surface area contributed by atoms with Crippen LogP contribution in [-0.2, 0) is 22.7 Å².